The molecule has 0 radical (unpaired) electrons. The van der Waals surface area contributed by atoms with E-state index in [0.29, 0.717) is 5.92 Å². The third-order valence-electron chi connectivity index (χ3n) is 3.87. The van der Waals surface area contributed by atoms with Crippen molar-refractivity contribution < 1.29 is 14.6 Å². The number of likely N-dealkylation sites (tertiary alicyclic amines) is 1. The van der Waals surface area contributed by atoms with Crippen LogP contribution in [0.1, 0.15) is 25.8 Å². The van der Waals surface area contributed by atoms with Crippen LogP contribution in [0.3, 0.4) is 0 Å². The lowest BCUT2D eigenvalue weighted by molar-refractivity contribution is 0.135. The van der Waals surface area contributed by atoms with Crippen molar-refractivity contribution in [3.8, 4) is 0 Å². The van der Waals surface area contributed by atoms with Crippen LogP contribution in [0.4, 0.5) is 4.79 Å². The number of aliphatic hydroxyl groups excluding tert-OH is 1. The summed E-state index contributed by atoms with van der Waals surface area (Å²) in [5.41, 5.74) is 0.971. The molecule has 122 valence electrons. The number of hydrogen-bond donors (Lipinski definition) is 2. The van der Waals surface area contributed by atoms with E-state index >= 15 is 0 Å². The Morgan fingerprint density at radius 3 is 2.77 bits per heavy atom. The van der Waals surface area contributed by atoms with Crippen LogP contribution < -0.4 is 5.32 Å². The van der Waals surface area contributed by atoms with E-state index in [4.69, 9.17) is 4.74 Å². The Balaban J connectivity index is 1.77. The van der Waals surface area contributed by atoms with Gasteiger partial charge in [-0.15, -0.1) is 0 Å². The summed E-state index contributed by atoms with van der Waals surface area (Å²) in [6, 6.07) is 9.79. The molecule has 5 nitrogen and oxygen atoms in total. The summed E-state index contributed by atoms with van der Waals surface area (Å²) in [6.07, 6.45) is 0.376. The van der Waals surface area contributed by atoms with Gasteiger partial charge in [0.05, 0.1) is 6.61 Å². The summed E-state index contributed by atoms with van der Waals surface area (Å²) in [7, 11) is 0. The monoisotopic (exact) mass is 306 g/mol. The molecule has 2 atom stereocenters. The van der Waals surface area contributed by atoms with Crippen molar-refractivity contribution in [2.75, 3.05) is 19.7 Å². The normalized spacial score (nSPS) is 22.0. The highest BCUT2D eigenvalue weighted by atomic mass is 16.5. The molecule has 1 aromatic rings. The van der Waals surface area contributed by atoms with Crippen molar-refractivity contribution in [2.45, 2.75) is 39.0 Å². The number of nitrogens with one attached hydrogen (secondary N) is 1. The van der Waals surface area contributed by atoms with Gasteiger partial charge < -0.3 is 15.2 Å². The van der Waals surface area contributed by atoms with Crippen molar-refractivity contribution in [2.24, 2.45) is 5.92 Å². The van der Waals surface area contributed by atoms with E-state index in [2.05, 4.69) is 24.1 Å². The minimum Gasteiger partial charge on any atom is -0.445 e. The molecule has 1 amide bonds. The van der Waals surface area contributed by atoms with Crippen molar-refractivity contribution in [1.82, 2.24) is 10.2 Å². The second-order valence-corrected chi connectivity index (χ2v) is 6.32. The van der Waals surface area contributed by atoms with E-state index in [0.717, 1.165) is 25.1 Å². The minimum atomic E-state index is -0.392. The van der Waals surface area contributed by atoms with E-state index in [-0.39, 0.29) is 25.3 Å². The number of ether oxygens (including phenoxy) is 1. The first-order chi connectivity index (χ1) is 10.6. The van der Waals surface area contributed by atoms with Crippen LogP contribution in [0.15, 0.2) is 30.3 Å². The zero-order valence-corrected chi connectivity index (χ0v) is 13.4. The molecule has 2 rings (SSSR count). The molecule has 0 bridgehead atoms. The summed E-state index contributed by atoms with van der Waals surface area (Å²) < 4.78 is 5.24. The van der Waals surface area contributed by atoms with Gasteiger partial charge >= 0.3 is 6.09 Å². The van der Waals surface area contributed by atoms with Gasteiger partial charge in [-0.25, -0.2) is 4.79 Å². The largest absolute Gasteiger partial charge is 0.445 e. The number of aliphatic hydroxyl groups is 1. The molecule has 0 spiro atoms. The molecule has 1 heterocycles. The zero-order valence-electron chi connectivity index (χ0n) is 13.4. The Bertz CT molecular complexity index is 464. The van der Waals surface area contributed by atoms with Crippen molar-refractivity contribution in [3.05, 3.63) is 35.9 Å². The van der Waals surface area contributed by atoms with E-state index in [1.165, 1.54) is 0 Å². The lowest BCUT2D eigenvalue weighted by Gasteiger charge is -2.24. The minimum absolute atomic E-state index is 0.0409. The molecule has 5 heteroatoms. The number of amides is 1. The standard InChI is InChI=1S/C17H26N2O3/c1-13(2)9-19-10-15(8-16(19)11-20)18-17(21)22-12-14-6-4-3-5-7-14/h3-7,13,15-16,20H,8-12H2,1-2H3,(H,18,21)/t15-,16+/m1/s1. The van der Waals surface area contributed by atoms with Crippen LogP contribution in [-0.4, -0.2) is 47.9 Å². The highest BCUT2D eigenvalue weighted by molar-refractivity contribution is 5.67. The predicted octanol–water partition coefficient (Wildman–Crippen LogP) is 2.00. The molecule has 2 N–H and O–H groups in total. The van der Waals surface area contributed by atoms with Crippen LogP contribution >= 0.6 is 0 Å². The number of carbonyl (C=O) groups excluding carboxylic acids is 1. The van der Waals surface area contributed by atoms with Crippen LogP contribution in [-0.2, 0) is 11.3 Å². The Labute approximate surface area is 132 Å². The van der Waals surface area contributed by atoms with Gasteiger partial charge in [-0.3, -0.25) is 4.90 Å². The van der Waals surface area contributed by atoms with Gasteiger partial charge in [-0.1, -0.05) is 44.2 Å². The smallest absolute Gasteiger partial charge is 0.407 e. The number of hydrogen-bond acceptors (Lipinski definition) is 4. The molecule has 0 aliphatic carbocycles. The van der Waals surface area contributed by atoms with Gasteiger partial charge in [0.2, 0.25) is 0 Å². The van der Waals surface area contributed by atoms with Crippen LogP contribution in [0.5, 0.6) is 0 Å². The average Bonchev–Trinajstić information content (AvgIpc) is 2.87. The quantitative estimate of drug-likeness (QED) is 0.844. The first-order valence-corrected chi connectivity index (χ1v) is 7.90. The van der Waals surface area contributed by atoms with Crippen LogP contribution in [0, 0.1) is 5.92 Å². The summed E-state index contributed by atoms with van der Waals surface area (Å²) in [5.74, 6) is 0.540. The van der Waals surface area contributed by atoms with E-state index in [9.17, 15) is 9.90 Å². The SMILES string of the molecule is CC(C)CN1C[C@H](NC(=O)OCc2ccccc2)C[C@H]1CO. The Morgan fingerprint density at radius 2 is 2.14 bits per heavy atom. The third-order valence-corrected chi connectivity index (χ3v) is 3.87. The molecule has 1 aliphatic rings. The fraction of sp³-hybridized carbons (Fsp3) is 0.588. The molecule has 0 saturated carbocycles. The van der Waals surface area contributed by atoms with Crippen molar-refractivity contribution in [3.63, 3.8) is 0 Å². The maximum absolute atomic E-state index is 11.9. The molecular formula is C17H26N2O3. The Kier molecular flexibility index (Phi) is 6.21. The fourth-order valence-electron chi connectivity index (χ4n) is 2.90. The van der Waals surface area contributed by atoms with Gasteiger partial charge in [0.15, 0.2) is 0 Å². The number of rotatable bonds is 6. The van der Waals surface area contributed by atoms with E-state index in [1.54, 1.807) is 0 Å². The number of benzene rings is 1. The van der Waals surface area contributed by atoms with Gasteiger partial charge in [0.25, 0.3) is 0 Å². The topological polar surface area (TPSA) is 61.8 Å². The Morgan fingerprint density at radius 1 is 1.41 bits per heavy atom. The second-order valence-electron chi connectivity index (χ2n) is 6.32. The van der Waals surface area contributed by atoms with Crippen molar-refractivity contribution in [1.29, 1.82) is 0 Å². The highest BCUT2D eigenvalue weighted by Gasteiger charge is 2.32. The number of nitrogens with zero attached hydrogens (tertiary/aromatic N) is 1. The molecule has 22 heavy (non-hydrogen) atoms. The summed E-state index contributed by atoms with van der Waals surface area (Å²) in [6.45, 7) is 6.42. The van der Waals surface area contributed by atoms with Crippen molar-refractivity contribution >= 4 is 6.09 Å². The molecule has 1 saturated heterocycles. The number of carbonyl (C=O) groups is 1. The molecule has 1 fully saturated rings. The van der Waals surface area contributed by atoms with Gasteiger partial charge in [-0.2, -0.15) is 0 Å². The van der Waals surface area contributed by atoms with E-state index < -0.39 is 6.09 Å². The lowest BCUT2D eigenvalue weighted by Crippen LogP contribution is -2.38. The van der Waals surface area contributed by atoms with Crippen LogP contribution in [0.25, 0.3) is 0 Å². The summed E-state index contributed by atoms with van der Waals surface area (Å²) >= 11 is 0. The summed E-state index contributed by atoms with van der Waals surface area (Å²) in [5, 5.41) is 12.4. The maximum atomic E-state index is 11.9. The first kappa shape index (κ1) is 16.8. The molecule has 1 aromatic carbocycles. The molecule has 0 unspecified atom stereocenters. The lowest BCUT2D eigenvalue weighted by atomic mass is 10.1. The Hall–Kier alpha value is -1.59. The maximum Gasteiger partial charge on any atom is 0.407 e. The van der Waals surface area contributed by atoms with E-state index in [1.807, 2.05) is 30.3 Å². The van der Waals surface area contributed by atoms with Gasteiger partial charge in [-0.05, 0) is 17.9 Å². The molecule has 1 aliphatic heterocycles. The molecular weight excluding hydrogens is 280 g/mol. The first-order valence-electron chi connectivity index (χ1n) is 7.90. The second kappa shape index (κ2) is 8.15. The highest BCUT2D eigenvalue weighted by Crippen LogP contribution is 2.19. The van der Waals surface area contributed by atoms with Gasteiger partial charge in [0.1, 0.15) is 6.61 Å². The third kappa shape index (κ3) is 5.00. The van der Waals surface area contributed by atoms with Crippen LogP contribution in [0.2, 0.25) is 0 Å². The average molecular weight is 306 g/mol. The number of alkyl carbamates (subject to hydrolysis) is 1. The molecule has 0 aromatic heterocycles. The van der Waals surface area contributed by atoms with Gasteiger partial charge in [0, 0.05) is 25.2 Å². The zero-order chi connectivity index (χ0) is 15.9. The predicted molar refractivity (Wildman–Crippen MR) is 85.5 cm³/mol. The summed E-state index contributed by atoms with van der Waals surface area (Å²) in [4.78, 5) is 14.1. The fourth-order valence-corrected chi connectivity index (χ4v) is 2.90.